The molecule has 5 heteroatoms. The number of halogens is 1. The summed E-state index contributed by atoms with van der Waals surface area (Å²) in [6.07, 6.45) is 0. The van der Waals surface area contributed by atoms with E-state index in [-0.39, 0.29) is 0 Å². The molecule has 0 atom stereocenters. The minimum Gasteiger partial charge on any atom is -0.465 e. The number of hydrogen-bond acceptors (Lipinski definition) is 3. The van der Waals surface area contributed by atoms with Crippen molar-refractivity contribution in [2.75, 3.05) is 5.32 Å². The summed E-state index contributed by atoms with van der Waals surface area (Å²) in [5, 5.41) is 3.27. The molecule has 0 spiro atoms. The van der Waals surface area contributed by atoms with Crippen LogP contribution < -0.4 is 11.1 Å². The molecule has 0 unspecified atom stereocenters. The van der Waals surface area contributed by atoms with E-state index < -0.39 is 0 Å². The van der Waals surface area contributed by atoms with Gasteiger partial charge in [-0.25, -0.2) is 0 Å². The van der Waals surface area contributed by atoms with E-state index in [4.69, 9.17) is 22.4 Å². The molecule has 0 aliphatic carbocycles. The maximum atomic E-state index is 5.73. The average molecular weight is 325 g/mol. The van der Waals surface area contributed by atoms with Gasteiger partial charge in [0, 0.05) is 15.7 Å². The smallest absolute Gasteiger partial charge is 0.123 e. The Labute approximate surface area is 119 Å². The number of nitrogens with two attached hydrogens (primary N) is 1. The monoisotopic (exact) mass is 324 g/mol. The van der Waals surface area contributed by atoms with Gasteiger partial charge in [-0.3, -0.25) is 0 Å². The summed E-state index contributed by atoms with van der Waals surface area (Å²) in [7, 11) is 0. The van der Waals surface area contributed by atoms with Crippen molar-refractivity contribution in [1.82, 2.24) is 0 Å². The number of hydrogen-bond donors (Lipinski definition) is 2. The van der Waals surface area contributed by atoms with Crippen molar-refractivity contribution in [3.8, 4) is 0 Å². The van der Waals surface area contributed by atoms with Crippen LogP contribution in [-0.4, -0.2) is 4.99 Å². The lowest BCUT2D eigenvalue weighted by Crippen LogP contribution is -2.14. The summed E-state index contributed by atoms with van der Waals surface area (Å²) in [6, 6.07) is 9.67. The predicted octanol–water partition coefficient (Wildman–Crippen LogP) is 3.60. The van der Waals surface area contributed by atoms with Crippen molar-refractivity contribution < 1.29 is 4.42 Å². The molecule has 94 valence electrons. The van der Waals surface area contributed by atoms with Gasteiger partial charge in [0.25, 0.3) is 0 Å². The summed E-state index contributed by atoms with van der Waals surface area (Å²) in [5.74, 6) is 1.77. The zero-order valence-corrected chi connectivity index (χ0v) is 12.3. The lowest BCUT2D eigenvalue weighted by atomic mass is 10.1. The highest BCUT2D eigenvalue weighted by Crippen LogP contribution is 2.25. The summed E-state index contributed by atoms with van der Waals surface area (Å²) < 4.78 is 6.38. The third kappa shape index (κ3) is 2.91. The third-order valence-corrected chi connectivity index (χ3v) is 3.37. The number of rotatable bonds is 4. The molecule has 0 saturated carbocycles. The Bertz CT molecular complexity index is 580. The van der Waals surface area contributed by atoms with Crippen LogP contribution in [0.1, 0.15) is 17.1 Å². The Kier molecular flexibility index (Phi) is 4.04. The number of anilines is 1. The molecule has 0 amide bonds. The van der Waals surface area contributed by atoms with Crippen molar-refractivity contribution in [2.24, 2.45) is 5.73 Å². The molecule has 2 aromatic rings. The first-order valence-corrected chi connectivity index (χ1v) is 6.65. The van der Waals surface area contributed by atoms with Gasteiger partial charge in [0.2, 0.25) is 0 Å². The van der Waals surface area contributed by atoms with E-state index in [1.165, 1.54) is 0 Å². The molecule has 1 aromatic carbocycles. The Balaban J connectivity index is 2.19. The fourth-order valence-corrected chi connectivity index (χ4v) is 2.62. The van der Waals surface area contributed by atoms with Gasteiger partial charge in [-0.05, 0) is 47.1 Å². The number of nitrogens with one attached hydrogen (secondary N) is 1. The minimum absolute atomic E-state index is 0.362. The highest BCUT2D eigenvalue weighted by molar-refractivity contribution is 9.10. The SMILES string of the molecule is Cc1ccc(CNc2cccc(Br)c2C(N)=S)o1. The highest BCUT2D eigenvalue weighted by atomic mass is 79.9. The molecule has 0 radical (unpaired) electrons. The second kappa shape index (κ2) is 5.54. The second-order valence-electron chi connectivity index (χ2n) is 3.89. The maximum Gasteiger partial charge on any atom is 0.123 e. The molecular weight excluding hydrogens is 312 g/mol. The largest absolute Gasteiger partial charge is 0.465 e. The van der Waals surface area contributed by atoms with E-state index >= 15 is 0 Å². The van der Waals surface area contributed by atoms with Crippen LogP contribution >= 0.6 is 28.1 Å². The number of aryl methyl sites for hydroxylation is 1. The number of benzene rings is 1. The van der Waals surface area contributed by atoms with Crippen molar-refractivity contribution in [1.29, 1.82) is 0 Å². The van der Waals surface area contributed by atoms with Crippen LogP contribution in [0.25, 0.3) is 0 Å². The fraction of sp³-hybridized carbons (Fsp3) is 0.154. The summed E-state index contributed by atoms with van der Waals surface area (Å²) in [4.78, 5) is 0.362. The van der Waals surface area contributed by atoms with E-state index in [9.17, 15) is 0 Å². The molecular formula is C13H13BrN2OS. The maximum absolute atomic E-state index is 5.73. The van der Waals surface area contributed by atoms with Crippen molar-refractivity contribution >= 4 is 38.8 Å². The number of furan rings is 1. The normalized spacial score (nSPS) is 10.3. The van der Waals surface area contributed by atoms with Crippen LogP contribution in [0.15, 0.2) is 39.2 Å². The van der Waals surface area contributed by atoms with E-state index in [1.807, 2.05) is 37.3 Å². The topological polar surface area (TPSA) is 51.2 Å². The molecule has 3 nitrogen and oxygen atoms in total. The zero-order chi connectivity index (χ0) is 13.1. The number of thiocarbonyl (C=S) groups is 1. The first kappa shape index (κ1) is 13.1. The molecule has 0 fully saturated rings. The van der Waals surface area contributed by atoms with Gasteiger partial charge in [-0.15, -0.1) is 0 Å². The zero-order valence-electron chi connectivity index (χ0n) is 9.87. The molecule has 0 saturated heterocycles. The van der Waals surface area contributed by atoms with E-state index in [0.717, 1.165) is 27.2 Å². The van der Waals surface area contributed by atoms with Crippen molar-refractivity contribution in [2.45, 2.75) is 13.5 Å². The average Bonchev–Trinajstić information content (AvgIpc) is 2.72. The van der Waals surface area contributed by atoms with Crippen molar-refractivity contribution in [3.05, 3.63) is 51.9 Å². The van der Waals surface area contributed by atoms with E-state index in [2.05, 4.69) is 21.2 Å². The lowest BCUT2D eigenvalue weighted by Gasteiger charge is -2.11. The van der Waals surface area contributed by atoms with Gasteiger partial charge in [0.15, 0.2) is 0 Å². The van der Waals surface area contributed by atoms with Crippen LogP contribution in [0.2, 0.25) is 0 Å². The Hall–Kier alpha value is -1.33. The third-order valence-electron chi connectivity index (χ3n) is 2.51. The first-order valence-electron chi connectivity index (χ1n) is 5.45. The van der Waals surface area contributed by atoms with Crippen LogP contribution in [0.5, 0.6) is 0 Å². The Morgan fingerprint density at radius 2 is 2.17 bits per heavy atom. The van der Waals surface area contributed by atoms with Gasteiger partial charge in [-0.2, -0.15) is 0 Å². The summed E-state index contributed by atoms with van der Waals surface area (Å²) in [6.45, 7) is 2.52. The van der Waals surface area contributed by atoms with E-state index in [1.54, 1.807) is 0 Å². The Morgan fingerprint density at radius 3 is 2.78 bits per heavy atom. The predicted molar refractivity (Wildman–Crippen MR) is 80.8 cm³/mol. The molecule has 1 heterocycles. The quantitative estimate of drug-likeness (QED) is 0.844. The summed E-state index contributed by atoms with van der Waals surface area (Å²) in [5.41, 5.74) is 7.44. The lowest BCUT2D eigenvalue weighted by molar-refractivity contribution is 0.490. The van der Waals surface area contributed by atoms with E-state index in [0.29, 0.717) is 11.5 Å². The van der Waals surface area contributed by atoms with Crippen LogP contribution in [0, 0.1) is 6.92 Å². The fourth-order valence-electron chi connectivity index (χ4n) is 1.68. The van der Waals surface area contributed by atoms with Crippen LogP contribution in [0.4, 0.5) is 5.69 Å². The molecule has 2 rings (SSSR count). The molecule has 3 N–H and O–H groups in total. The summed E-state index contributed by atoms with van der Waals surface area (Å²) >= 11 is 8.50. The van der Waals surface area contributed by atoms with Gasteiger partial charge in [0.1, 0.15) is 16.5 Å². The van der Waals surface area contributed by atoms with Crippen LogP contribution in [-0.2, 0) is 6.54 Å². The highest BCUT2D eigenvalue weighted by Gasteiger charge is 2.09. The van der Waals surface area contributed by atoms with Crippen LogP contribution in [0.3, 0.4) is 0 Å². The second-order valence-corrected chi connectivity index (χ2v) is 5.19. The standard InChI is InChI=1S/C13H13BrN2OS/c1-8-5-6-9(17-8)7-16-11-4-2-3-10(14)12(11)13(15)18/h2-6,16H,7H2,1H3,(H2,15,18). The minimum atomic E-state index is 0.362. The van der Waals surface area contributed by atoms with Gasteiger partial charge < -0.3 is 15.5 Å². The molecule has 1 aromatic heterocycles. The first-order chi connectivity index (χ1) is 8.58. The van der Waals surface area contributed by atoms with Gasteiger partial charge in [-0.1, -0.05) is 18.3 Å². The van der Waals surface area contributed by atoms with Gasteiger partial charge >= 0.3 is 0 Å². The molecule has 0 aliphatic heterocycles. The molecule has 0 aliphatic rings. The Morgan fingerprint density at radius 1 is 1.39 bits per heavy atom. The van der Waals surface area contributed by atoms with Gasteiger partial charge in [0.05, 0.1) is 6.54 Å². The molecule has 0 bridgehead atoms. The van der Waals surface area contributed by atoms with Crippen molar-refractivity contribution in [3.63, 3.8) is 0 Å². The molecule has 18 heavy (non-hydrogen) atoms.